The van der Waals surface area contributed by atoms with E-state index in [4.69, 9.17) is 4.74 Å². The Morgan fingerprint density at radius 2 is 1.89 bits per heavy atom. The lowest BCUT2D eigenvalue weighted by Crippen LogP contribution is -2.37. The van der Waals surface area contributed by atoms with Crippen molar-refractivity contribution in [1.82, 2.24) is 9.47 Å². The third kappa shape index (κ3) is 3.05. The number of ether oxygens (including phenoxy) is 1. The predicted octanol–water partition coefficient (Wildman–Crippen LogP) is 4.59. The number of hydrogen-bond donors (Lipinski definition) is 0. The second-order valence-electron chi connectivity index (χ2n) is 8.45. The number of hydrogen-bond acceptors (Lipinski definition) is 4. The molecule has 0 N–H and O–H groups in total. The molecule has 2 aromatic rings. The van der Waals surface area contributed by atoms with Crippen LogP contribution in [0.5, 0.6) is 0 Å². The van der Waals surface area contributed by atoms with E-state index in [9.17, 15) is 9.59 Å². The summed E-state index contributed by atoms with van der Waals surface area (Å²) in [6.07, 6.45) is 4.09. The number of allylic oxidation sites excluding steroid dienone is 1. The van der Waals surface area contributed by atoms with Crippen molar-refractivity contribution >= 4 is 22.8 Å². The Labute approximate surface area is 159 Å². The second-order valence-corrected chi connectivity index (χ2v) is 8.45. The van der Waals surface area contributed by atoms with Crippen molar-refractivity contribution in [2.24, 2.45) is 0 Å². The van der Waals surface area contributed by atoms with E-state index in [-0.39, 0.29) is 17.9 Å². The first-order chi connectivity index (χ1) is 12.8. The average Bonchev–Trinajstić information content (AvgIpc) is 2.94. The van der Waals surface area contributed by atoms with Gasteiger partial charge in [0.1, 0.15) is 5.60 Å². The van der Waals surface area contributed by atoms with Crippen LogP contribution in [0.2, 0.25) is 0 Å². The fourth-order valence-corrected chi connectivity index (χ4v) is 4.28. The Hall–Kier alpha value is -2.56. The lowest BCUT2D eigenvalue weighted by atomic mass is 9.89. The first-order valence-corrected chi connectivity index (χ1v) is 9.59. The van der Waals surface area contributed by atoms with E-state index >= 15 is 0 Å². The number of carbonyl (C=O) groups is 2. The van der Waals surface area contributed by atoms with Gasteiger partial charge in [0.15, 0.2) is 5.78 Å². The molecule has 1 aromatic heterocycles. The fourth-order valence-electron chi connectivity index (χ4n) is 4.28. The van der Waals surface area contributed by atoms with Crippen molar-refractivity contribution in [1.29, 1.82) is 0 Å². The molecule has 0 saturated carbocycles. The average molecular weight is 366 g/mol. The zero-order valence-corrected chi connectivity index (χ0v) is 16.4. The van der Waals surface area contributed by atoms with Crippen LogP contribution in [0.4, 0.5) is 4.79 Å². The Bertz CT molecular complexity index is 962. The largest absolute Gasteiger partial charge is 0.443 e. The number of rotatable bonds is 1. The van der Waals surface area contributed by atoms with Gasteiger partial charge in [-0.2, -0.15) is 0 Å². The number of Topliss-reactive ketones (excluding diaryl/α,β-unsaturated/α-hetero) is 1. The van der Waals surface area contributed by atoms with Crippen LogP contribution in [0.1, 0.15) is 57.8 Å². The molecule has 3 heterocycles. The van der Waals surface area contributed by atoms with Crippen LogP contribution >= 0.6 is 0 Å². The van der Waals surface area contributed by atoms with Gasteiger partial charge in [-0.1, -0.05) is 18.2 Å². The molecule has 0 radical (unpaired) electrons. The summed E-state index contributed by atoms with van der Waals surface area (Å²) in [7, 11) is 0. The molecule has 0 aliphatic carbocycles. The van der Waals surface area contributed by atoms with Crippen LogP contribution in [0.3, 0.4) is 0 Å². The van der Waals surface area contributed by atoms with E-state index in [0.717, 1.165) is 48.0 Å². The molecule has 1 aromatic carbocycles. The molecular weight excluding hydrogens is 340 g/mol. The van der Waals surface area contributed by atoms with Gasteiger partial charge < -0.3 is 9.64 Å². The minimum atomic E-state index is -0.558. The van der Waals surface area contributed by atoms with Crippen LogP contribution in [0.25, 0.3) is 10.9 Å². The fraction of sp³-hybridized carbons (Fsp3) is 0.455. The Kier molecular flexibility index (Phi) is 4.13. The second kappa shape index (κ2) is 6.25. The Morgan fingerprint density at radius 1 is 1.15 bits per heavy atom. The number of aromatic nitrogens is 1. The summed E-state index contributed by atoms with van der Waals surface area (Å²) in [5.74, 6) is 0.131. The molecule has 0 amide bonds. The van der Waals surface area contributed by atoms with E-state index < -0.39 is 5.60 Å². The number of benzene rings is 1. The first kappa shape index (κ1) is 17.8. The van der Waals surface area contributed by atoms with Crippen LogP contribution < -0.4 is 0 Å². The monoisotopic (exact) mass is 366 g/mol. The summed E-state index contributed by atoms with van der Waals surface area (Å²) in [5, 5.41) is 1.12. The molecular formula is C22H26N2O3. The molecule has 5 heteroatoms. The van der Waals surface area contributed by atoms with E-state index in [0.29, 0.717) is 0 Å². The van der Waals surface area contributed by atoms with E-state index in [2.05, 4.69) is 11.0 Å². The van der Waals surface area contributed by atoms with Crippen LogP contribution in [-0.4, -0.2) is 33.5 Å². The maximum atomic E-state index is 13.1. The number of carbonyl (C=O) groups excluding carboxylic acids is 2. The third-order valence-corrected chi connectivity index (χ3v) is 5.39. The minimum absolute atomic E-state index is 0.0942. The van der Waals surface area contributed by atoms with Crippen molar-refractivity contribution in [3.05, 3.63) is 47.3 Å². The van der Waals surface area contributed by atoms with E-state index in [1.54, 1.807) is 11.5 Å². The molecule has 2 aliphatic heterocycles. The number of fused-ring (bicyclic) bond motifs is 5. The minimum Gasteiger partial charge on any atom is -0.443 e. The highest BCUT2D eigenvalue weighted by atomic mass is 16.6. The topological polar surface area (TPSA) is 51.5 Å². The molecule has 27 heavy (non-hydrogen) atoms. The summed E-state index contributed by atoms with van der Waals surface area (Å²) < 4.78 is 7.49. The first-order valence-electron chi connectivity index (χ1n) is 9.59. The summed E-state index contributed by atoms with van der Waals surface area (Å²) in [4.78, 5) is 27.1. The SMILES string of the molecule is CC(=O)C1=CN2CCc3c(n(C(=O)OC(C)(C)C)c4ccccc34)[C@@H]2CC1. The van der Waals surface area contributed by atoms with Crippen LogP contribution in [0.15, 0.2) is 36.0 Å². The zero-order valence-electron chi connectivity index (χ0n) is 16.4. The molecule has 5 nitrogen and oxygen atoms in total. The van der Waals surface area contributed by atoms with Gasteiger partial charge >= 0.3 is 6.09 Å². The summed E-state index contributed by atoms with van der Waals surface area (Å²) in [6, 6.07) is 8.15. The van der Waals surface area contributed by atoms with Gasteiger partial charge in [-0.05, 0) is 58.6 Å². The lowest BCUT2D eigenvalue weighted by molar-refractivity contribution is -0.114. The third-order valence-electron chi connectivity index (χ3n) is 5.39. The van der Waals surface area contributed by atoms with Crippen molar-refractivity contribution in [3.63, 3.8) is 0 Å². The van der Waals surface area contributed by atoms with Gasteiger partial charge in [-0.25, -0.2) is 9.36 Å². The van der Waals surface area contributed by atoms with Gasteiger partial charge in [0.05, 0.1) is 17.3 Å². The quantitative estimate of drug-likeness (QED) is 0.741. The number of ketones is 1. The summed E-state index contributed by atoms with van der Waals surface area (Å²) >= 11 is 0. The van der Waals surface area contributed by atoms with E-state index in [1.807, 2.05) is 45.2 Å². The number of nitrogens with zero attached hydrogens (tertiary/aromatic N) is 2. The normalized spacial score (nSPS) is 19.3. The molecule has 2 aliphatic rings. The standard InChI is InChI=1S/C22H26N2O3/c1-14(25)15-9-10-19-20-17(11-12-23(19)13-15)16-7-5-6-8-18(16)24(20)21(26)27-22(2,3)4/h5-8,13,19H,9-12H2,1-4H3/t19-/m0/s1. The van der Waals surface area contributed by atoms with Crippen molar-refractivity contribution in [3.8, 4) is 0 Å². The molecule has 1 atom stereocenters. The van der Waals surface area contributed by atoms with Crippen LogP contribution in [-0.2, 0) is 16.0 Å². The maximum Gasteiger partial charge on any atom is 0.419 e. The highest BCUT2D eigenvalue weighted by Gasteiger charge is 2.36. The van der Waals surface area contributed by atoms with Gasteiger partial charge in [-0.15, -0.1) is 0 Å². The Balaban J connectivity index is 1.87. The summed E-state index contributed by atoms with van der Waals surface area (Å²) in [6.45, 7) is 8.14. The van der Waals surface area contributed by atoms with Crippen molar-refractivity contribution in [2.45, 2.75) is 58.6 Å². The number of para-hydroxylation sites is 1. The summed E-state index contributed by atoms with van der Waals surface area (Å²) in [5.41, 5.74) is 3.47. The predicted molar refractivity (Wildman–Crippen MR) is 105 cm³/mol. The van der Waals surface area contributed by atoms with Crippen molar-refractivity contribution < 1.29 is 14.3 Å². The highest BCUT2D eigenvalue weighted by Crippen LogP contribution is 2.42. The van der Waals surface area contributed by atoms with Crippen LogP contribution in [0, 0.1) is 0 Å². The Morgan fingerprint density at radius 3 is 2.59 bits per heavy atom. The lowest BCUT2D eigenvalue weighted by Gasteiger charge is -2.39. The molecule has 0 unspecified atom stereocenters. The molecule has 0 spiro atoms. The van der Waals surface area contributed by atoms with Crippen molar-refractivity contribution in [2.75, 3.05) is 6.54 Å². The van der Waals surface area contributed by atoms with Gasteiger partial charge in [0.2, 0.25) is 0 Å². The van der Waals surface area contributed by atoms with Gasteiger partial charge in [0.25, 0.3) is 0 Å². The zero-order chi connectivity index (χ0) is 19.3. The molecule has 0 fully saturated rings. The van der Waals surface area contributed by atoms with Gasteiger partial charge in [-0.3, -0.25) is 4.79 Å². The highest BCUT2D eigenvalue weighted by molar-refractivity contribution is 5.95. The molecule has 142 valence electrons. The van der Waals surface area contributed by atoms with Gasteiger partial charge in [0, 0.05) is 23.7 Å². The molecule has 4 rings (SSSR count). The van der Waals surface area contributed by atoms with E-state index in [1.165, 1.54) is 5.56 Å². The molecule has 0 saturated heterocycles. The smallest absolute Gasteiger partial charge is 0.419 e. The molecule has 0 bridgehead atoms. The maximum absolute atomic E-state index is 13.1.